The average molecular weight is 260 g/mol. The minimum absolute atomic E-state index is 0. The third kappa shape index (κ3) is 4.27. The van der Waals surface area contributed by atoms with Crippen LogP contribution in [-0.4, -0.2) is 34.4 Å². The van der Waals surface area contributed by atoms with Gasteiger partial charge < -0.3 is 30.0 Å². The Morgan fingerprint density at radius 3 is 1.27 bits per heavy atom. The molecule has 7 heteroatoms. The fraction of sp³-hybridized carbons (Fsp3) is 0.500. The molecule has 0 aliphatic rings. The fourth-order valence-corrected chi connectivity index (χ4v) is 0.258. The maximum absolute atomic E-state index is 9.63. The third-order valence-electron chi connectivity index (χ3n) is 0.782. The molecule has 0 aliphatic heterocycles. The van der Waals surface area contributed by atoms with Gasteiger partial charge in [-0.15, -0.1) is 0 Å². The third-order valence-corrected chi connectivity index (χ3v) is 0.782. The van der Waals surface area contributed by atoms with E-state index in [0.29, 0.717) is 0 Å². The molecule has 11 heavy (non-hydrogen) atoms. The van der Waals surface area contributed by atoms with Crippen molar-refractivity contribution in [2.75, 3.05) is 0 Å². The van der Waals surface area contributed by atoms with E-state index in [-0.39, 0.29) is 27.3 Å². The maximum atomic E-state index is 9.63. The second kappa shape index (κ2) is 5.43. The first-order valence-corrected chi connectivity index (χ1v) is 2.24. The second-order valence-corrected chi connectivity index (χ2v) is 1.53. The molecule has 58 valence electrons. The van der Waals surface area contributed by atoms with Gasteiger partial charge in [-0.1, -0.05) is 0 Å². The van der Waals surface area contributed by atoms with Crippen LogP contribution in [0.1, 0.15) is 0 Å². The average Bonchev–Trinajstić information content (AvgIpc) is 1.84. The summed E-state index contributed by atoms with van der Waals surface area (Å²) in [6, 6.07) is 0. The standard InChI is InChI=1S/C4H6O6.Cd/c5-1(3(7)8)2(6)4(9)10;/h1-2,5-6H,(H,7,8)(H,9,10);/q;+2/p-2. The van der Waals surface area contributed by atoms with Crippen molar-refractivity contribution >= 4 is 11.9 Å². The first-order chi connectivity index (χ1) is 4.46. The summed E-state index contributed by atoms with van der Waals surface area (Å²) in [6.07, 6.45) is -4.88. The normalized spacial score (nSPS) is 14.4. The van der Waals surface area contributed by atoms with Gasteiger partial charge in [0.1, 0.15) is 12.2 Å². The van der Waals surface area contributed by atoms with Gasteiger partial charge in [-0.3, -0.25) is 0 Å². The first kappa shape index (κ1) is 13.4. The van der Waals surface area contributed by atoms with Crippen molar-refractivity contribution < 1.29 is 57.3 Å². The molecule has 0 saturated carbocycles. The number of carbonyl (C=O) groups is 2. The zero-order valence-electron chi connectivity index (χ0n) is 5.39. The van der Waals surface area contributed by atoms with Crippen LogP contribution in [0, 0.1) is 0 Å². The molecule has 0 aliphatic carbocycles. The van der Waals surface area contributed by atoms with Gasteiger partial charge >= 0.3 is 27.3 Å². The molecule has 0 fully saturated rings. The van der Waals surface area contributed by atoms with Crippen LogP contribution in [-0.2, 0) is 36.9 Å². The van der Waals surface area contributed by atoms with E-state index in [4.69, 9.17) is 10.2 Å². The van der Waals surface area contributed by atoms with Crippen LogP contribution in [0.3, 0.4) is 0 Å². The van der Waals surface area contributed by atoms with Gasteiger partial charge in [0.2, 0.25) is 0 Å². The molecule has 0 aromatic heterocycles. The number of carboxylic acids is 2. The van der Waals surface area contributed by atoms with Gasteiger partial charge in [0, 0.05) is 0 Å². The number of hydrogen-bond acceptors (Lipinski definition) is 6. The zero-order valence-corrected chi connectivity index (χ0v) is 9.43. The van der Waals surface area contributed by atoms with Crippen LogP contribution in [0.2, 0.25) is 0 Å². The molecule has 2 atom stereocenters. The number of carboxylic acid groups (broad SMARTS) is 2. The molecule has 2 N–H and O–H groups in total. The number of aliphatic hydroxyl groups excluding tert-OH is 2. The van der Waals surface area contributed by atoms with Crippen LogP contribution in [0.15, 0.2) is 0 Å². The van der Waals surface area contributed by atoms with Crippen molar-refractivity contribution in [1.29, 1.82) is 0 Å². The largest absolute Gasteiger partial charge is 2.00 e. The van der Waals surface area contributed by atoms with E-state index in [0.717, 1.165) is 0 Å². The number of hydrogen-bond donors (Lipinski definition) is 2. The predicted octanol–water partition coefficient (Wildman–Crippen LogP) is -4.79. The Kier molecular flexibility index (Phi) is 6.61. The molecule has 0 radical (unpaired) electrons. The molecule has 0 aromatic carbocycles. The quantitative estimate of drug-likeness (QED) is 0.491. The number of aliphatic carboxylic acids is 2. The molecule has 0 saturated heterocycles. The molecular formula is C4H4CdO6. The van der Waals surface area contributed by atoms with E-state index >= 15 is 0 Å². The summed E-state index contributed by atoms with van der Waals surface area (Å²) in [5.41, 5.74) is 0. The van der Waals surface area contributed by atoms with E-state index in [2.05, 4.69) is 0 Å². The Bertz CT molecular complexity index is 139. The van der Waals surface area contributed by atoms with Crippen molar-refractivity contribution in [3.05, 3.63) is 0 Å². The van der Waals surface area contributed by atoms with Crippen LogP contribution >= 0.6 is 0 Å². The van der Waals surface area contributed by atoms with E-state index in [1.807, 2.05) is 0 Å². The maximum Gasteiger partial charge on any atom is 2.00 e. The summed E-state index contributed by atoms with van der Waals surface area (Å²) in [6.45, 7) is 0. The summed E-state index contributed by atoms with van der Waals surface area (Å²) in [4.78, 5) is 19.3. The van der Waals surface area contributed by atoms with Crippen molar-refractivity contribution in [2.24, 2.45) is 0 Å². The van der Waals surface area contributed by atoms with Gasteiger partial charge in [0.05, 0.1) is 11.9 Å². The molecule has 0 aromatic rings. The summed E-state index contributed by atoms with van der Waals surface area (Å²) < 4.78 is 0. The van der Waals surface area contributed by atoms with E-state index in [1.165, 1.54) is 0 Å². The Balaban J connectivity index is 0. The molecule has 0 rings (SSSR count). The van der Waals surface area contributed by atoms with Crippen molar-refractivity contribution in [3.8, 4) is 0 Å². The smallest absolute Gasteiger partial charge is 0.547 e. The van der Waals surface area contributed by atoms with Gasteiger partial charge in [-0.2, -0.15) is 0 Å². The minimum Gasteiger partial charge on any atom is -0.547 e. The first-order valence-electron chi connectivity index (χ1n) is 2.24. The Hall–Kier alpha value is -0.218. The van der Waals surface area contributed by atoms with Crippen molar-refractivity contribution in [3.63, 3.8) is 0 Å². The van der Waals surface area contributed by atoms with Gasteiger partial charge in [0.25, 0.3) is 0 Å². The number of rotatable bonds is 3. The molecule has 0 amide bonds. The topological polar surface area (TPSA) is 121 Å². The minimum atomic E-state index is -2.44. The Morgan fingerprint density at radius 1 is 1.00 bits per heavy atom. The van der Waals surface area contributed by atoms with Gasteiger partial charge in [-0.25, -0.2) is 0 Å². The van der Waals surface area contributed by atoms with E-state index < -0.39 is 24.1 Å². The van der Waals surface area contributed by atoms with Crippen LogP contribution in [0.4, 0.5) is 0 Å². The predicted molar refractivity (Wildman–Crippen MR) is 22.0 cm³/mol. The van der Waals surface area contributed by atoms with Crippen LogP contribution < -0.4 is 10.2 Å². The van der Waals surface area contributed by atoms with E-state index in [9.17, 15) is 19.8 Å². The molecule has 0 heterocycles. The second-order valence-electron chi connectivity index (χ2n) is 1.53. The Labute approximate surface area is 81.6 Å². The zero-order chi connectivity index (χ0) is 8.31. The molecule has 2 unspecified atom stereocenters. The SMILES string of the molecule is O=C([O-])C(O)C(O)C(=O)[O-].[Cd+2]. The van der Waals surface area contributed by atoms with Gasteiger partial charge in [-0.05, 0) is 0 Å². The van der Waals surface area contributed by atoms with Gasteiger partial charge in [0.15, 0.2) is 0 Å². The van der Waals surface area contributed by atoms with E-state index in [1.54, 1.807) is 0 Å². The summed E-state index contributed by atoms with van der Waals surface area (Å²) >= 11 is 0. The monoisotopic (exact) mass is 262 g/mol. The number of aliphatic hydroxyl groups is 2. The summed E-state index contributed by atoms with van der Waals surface area (Å²) in [7, 11) is 0. The molecular weight excluding hydrogens is 256 g/mol. The van der Waals surface area contributed by atoms with Crippen LogP contribution in [0.5, 0.6) is 0 Å². The Morgan fingerprint density at radius 2 is 1.18 bits per heavy atom. The van der Waals surface area contributed by atoms with Crippen molar-refractivity contribution in [1.82, 2.24) is 0 Å². The number of carbonyl (C=O) groups excluding carboxylic acids is 2. The molecule has 0 spiro atoms. The molecule has 0 bridgehead atoms. The van der Waals surface area contributed by atoms with Crippen LogP contribution in [0.25, 0.3) is 0 Å². The summed E-state index contributed by atoms with van der Waals surface area (Å²) in [5.74, 6) is -4.12. The fourth-order valence-electron chi connectivity index (χ4n) is 0.258. The van der Waals surface area contributed by atoms with Crippen molar-refractivity contribution in [2.45, 2.75) is 12.2 Å². The molecule has 6 nitrogen and oxygen atoms in total. The summed E-state index contributed by atoms with van der Waals surface area (Å²) in [5, 5.41) is 35.7.